The predicted molar refractivity (Wildman–Crippen MR) is 141 cm³/mol. The molecule has 0 N–H and O–H groups in total. The number of hydrogen-bond donors (Lipinski definition) is 0. The topological polar surface area (TPSA) is 105 Å². The summed E-state index contributed by atoms with van der Waals surface area (Å²) in [6.07, 6.45) is 0.364. The molecule has 0 aliphatic carbocycles. The zero-order valence-corrected chi connectivity index (χ0v) is 23.3. The highest BCUT2D eigenvalue weighted by Gasteiger charge is 2.26. The third-order valence-corrected chi connectivity index (χ3v) is 5.18. The lowest BCUT2D eigenvalue weighted by molar-refractivity contribution is -0.136. The Balaban J connectivity index is 2.43. The van der Waals surface area contributed by atoms with Gasteiger partial charge in [-0.05, 0) is 60.5 Å². The summed E-state index contributed by atoms with van der Waals surface area (Å²) >= 11 is 1.00. The maximum absolute atomic E-state index is 13.2. The Bertz CT molecular complexity index is 1170. The molecule has 2 aromatic rings. The fourth-order valence-corrected chi connectivity index (χ4v) is 3.83. The highest BCUT2D eigenvalue weighted by Crippen LogP contribution is 2.21. The molecule has 0 atom stereocenters. The quantitative estimate of drug-likeness (QED) is 0.185. The summed E-state index contributed by atoms with van der Waals surface area (Å²) < 4.78 is 22.9. The molecule has 1 amide bonds. The van der Waals surface area contributed by atoms with Crippen LogP contribution in [0.4, 0.5) is 9.59 Å². The monoisotopic (exact) mass is 532 g/mol. The Hall–Kier alpha value is -3.24. The first kappa shape index (κ1) is 30.0. The standard InChI is InChI=1S/C27H36N2O7S/c1-8-34-22(30)20(15-12-16-33-17-19-13-10-9-11-14-19)21-18-37-23(28-24(31)35-26(2,3)4)29(21)25(32)36-27(5,6)7/h9-11,13-15,18H,8,12,16-17H2,1-7H3/b20-15?,28-23-. The van der Waals surface area contributed by atoms with Gasteiger partial charge in [-0.15, -0.1) is 16.3 Å². The van der Waals surface area contributed by atoms with E-state index in [4.69, 9.17) is 18.9 Å². The van der Waals surface area contributed by atoms with Crippen LogP contribution < -0.4 is 4.80 Å². The molecule has 0 spiro atoms. The number of nitrogens with zero attached hydrogens (tertiary/aromatic N) is 2. The minimum Gasteiger partial charge on any atom is -0.462 e. The van der Waals surface area contributed by atoms with E-state index < -0.39 is 29.4 Å². The van der Waals surface area contributed by atoms with Crippen molar-refractivity contribution in [2.45, 2.75) is 72.7 Å². The molecule has 37 heavy (non-hydrogen) atoms. The summed E-state index contributed by atoms with van der Waals surface area (Å²) in [5.74, 6) is -0.621. The Labute approximate surface area is 221 Å². The molecule has 9 nitrogen and oxygen atoms in total. The van der Waals surface area contributed by atoms with Gasteiger partial charge >= 0.3 is 18.2 Å². The molecule has 1 aromatic carbocycles. The largest absolute Gasteiger partial charge is 0.462 e. The fraction of sp³-hybridized carbons (Fsp3) is 0.481. The maximum Gasteiger partial charge on any atom is 0.436 e. The molecule has 0 unspecified atom stereocenters. The molecule has 1 aromatic heterocycles. The average Bonchev–Trinajstić information content (AvgIpc) is 3.17. The minimum atomic E-state index is -0.866. The molecular formula is C27H36N2O7S. The number of hydrogen-bond acceptors (Lipinski definition) is 8. The molecule has 0 saturated carbocycles. The van der Waals surface area contributed by atoms with Crippen LogP contribution in [0, 0.1) is 0 Å². The van der Waals surface area contributed by atoms with Gasteiger partial charge in [0.15, 0.2) is 0 Å². The first-order valence-corrected chi connectivity index (χ1v) is 12.9. The third-order valence-electron chi connectivity index (χ3n) is 4.36. The molecule has 202 valence electrons. The summed E-state index contributed by atoms with van der Waals surface area (Å²) in [5, 5.41) is 1.56. The second-order valence-corrected chi connectivity index (χ2v) is 10.8. The van der Waals surface area contributed by atoms with Crippen molar-refractivity contribution in [2.24, 2.45) is 4.99 Å². The zero-order chi connectivity index (χ0) is 27.6. The van der Waals surface area contributed by atoms with Gasteiger partial charge in [0.2, 0.25) is 4.80 Å². The van der Waals surface area contributed by atoms with Crippen LogP contribution in [0.2, 0.25) is 0 Å². The smallest absolute Gasteiger partial charge is 0.436 e. The van der Waals surface area contributed by atoms with E-state index in [2.05, 4.69) is 4.99 Å². The van der Waals surface area contributed by atoms with Crippen LogP contribution >= 0.6 is 11.3 Å². The molecule has 2 rings (SSSR count). The van der Waals surface area contributed by atoms with Crippen LogP contribution in [0.1, 0.15) is 66.1 Å². The van der Waals surface area contributed by atoms with Gasteiger partial charge in [0.1, 0.15) is 11.2 Å². The highest BCUT2D eigenvalue weighted by molar-refractivity contribution is 7.07. The Morgan fingerprint density at radius 1 is 1.00 bits per heavy atom. The van der Waals surface area contributed by atoms with Crippen LogP contribution in [-0.4, -0.2) is 47.1 Å². The Morgan fingerprint density at radius 2 is 1.65 bits per heavy atom. The Morgan fingerprint density at radius 3 is 2.24 bits per heavy atom. The molecule has 0 radical (unpaired) electrons. The highest BCUT2D eigenvalue weighted by atomic mass is 32.1. The van der Waals surface area contributed by atoms with Crippen LogP contribution in [0.3, 0.4) is 0 Å². The van der Waals surface area contributed by atoms with E-state index in [-0.39, 0.29) is 22.7 Å². The van der Waals surface area contributed by atoms with E-state index in [9.17, 15) is 14.4 Å². The summed E-state index contributed by atoms with van der Waals surface area (Å²) in [6.45, 7) is 12.9. The van der Waals surface area contributed by atoms with Gasteiger partial charge in [-0.3, -0.25) is 0 Å². The molecule has 0 bridgehead atoms. The van der Waals surface area contributed by atoms with E-state index in [1.165, 1.54) is 0 Å². The van der Waals surface area contributed by atoms with Gasteiger partial charge in [-0.2, -0.15) is 0 Å². The maximum atomic E-state index is 13.2. The summed E-state index contributed by atoms with van der Waals surface area (Å²) in [4.78, 5) is 42.4. The van der Waals surface area contributed by atoms with E-state index in [0.29, 0.717) is 19.6 Å². The summed E-state index contributed by atoms with van der Waals surface area (Å²) in [6, 6.07) is 9.73. The normalized spacial score (nSPS) is 12.8. The van der Waals surface area contributed by atoms with Crippen molar-refractivity contribution in [1.29, 1.82) is 0 Å². The lowest BCUT2D eigenvalue weighted by Crippen LogP contribution is -2.34. The molecule has 0 aliphatic heterocycles. The van der Waals surface area contributed by atoms with Crippen molar-refractivity contribution < 1.29 is 33.3 Å². The van der Waals surface area contributed by atoms with Gasteiger partial charge in [0.25, 0.3) is 0 Å². The summed E-state index contributed by atoms with van der Waals surface area (Å²) in [7, 11) is 0. The number of carbonyl (C=O) groups is 3. The van der Waals surface area contributed by atoms with Crippen molar-refractivity contribution in [3.05, 3.63) is 57.8 Å². The predicted octanol–water partition coefficient (Wildman–Crippen LogP) is 5.72. The second kappa shape index (κ2) is 13.3. The van der Waals surface area contributed by atoms with Crippen molar-refractivity contribution in [1.82, 2.24) is 4.57 Å². The number of thiazole rings is 1. The average molecular weight is 533 g/mol. The fourth-order valence-electron chi connectivity index (χ4n) is 2.98. The minimum absolute atomic E-state index is 0.00836. The van der Waals surface area contributed by atoms with E-state index >= 15 is 0 Å². The van der Waals surface area contributed by atoms with Gasteiger partial charge < -0.3 is 18.9 Å². The zero-order valence-electron chi connectivity index (χ0n) is 22.5. The number of ether oxygens (including phenoxy) is 4. The molecule has 0 fully saturated rings. The molecule has 0 aliphatic rings. The summed E-state index contributed by atoms with van der Waals surface area (Å²) in [5.41, 5.74) is -0.231. The number of rotatable bonds is 8. The molecule has 10 heteroatoms. The first-order valence-electron chi connectivity index (χ1n) is 12.0. The van der Waals surface area contributed by atoms with Crippen LogP contribution in [0.25, 0.3) is 5.57 Å². The van der Waals surface area contributed by atoms with Crippen LogP contribution in [0.15, 0.2) is 46.8 Å². The number of esters is 1. The van der Waals surface area contributed by atoms with Crippen molar-refractivity contribution >= 4 is 35.1 Å². The van der Waals surface area contributed by atoms with Crippen LogP contribution in [0.5, 0.6) is 0 Å². The van der Waals surface area contributed by atoms with E-state index in [0.717, 1.165) is 21.5 Å². The van der Waals surface area contributed by atoms with E-state index in [1.807, 2.05) is 30.3 Å². The lowest BCUT2D eigenvalue weighted by atomic mass is 10.1. The third kappa shape index (κ3) is 10.3. The number of aromatic nitrogens is 1. The molecular weight excluding hydrogens is 496 g/mol. The number of benzene rings is 1. The van der Waals surface area contributed by atoms with Crippen molar-refractivity contribution in [3.63, 3.8) is 0 Å². The van der Waals surface area contributed by atoms with Crippen molar-refractivity contribution in [2.75, 3.05) is 13.2 Å². The number of carbonyl (C=O) groups excluding carboxylic acids is 3. The Kier molecular flexibility index (Phi) is 10.8. The van der Waals surface area contributed by atoms with Gasteiger partial charge in [-0.1, -0.05) is 36.4 Å². The SMILES string of the molecule is CCOC(=O)C(=CCCOCc1ccccc1)c1cs/c(=N\C(=O)OC(C)(C)C)n1C(=O)OC(C)(C)C. The van der Waals surface area contributed by atoms with E-state index in [1.54, 1.807) is 59.9 Å². The lowest BCUT2D eigenvalue weighted by Gasteiger charge is -2.20. The van der Waals surface area contributed by atoms with Crippen molar-refractivity contribution in [3.8, 4) is 0 Å². The first-order chi connectivity index (χ1) is 17.3. The number of amides is 1. The molecule has 1 heterocycles. The van der Waals surface area contributed by atoms with Crippen LogP contribution in [-0.2, 0) is 30.3 Å². The van der Waals surface area contributed by atoms with Gasteiger partial charge in [0, 0.05) is 5.38 Å². The van der Waals surface area contributed by atoms with Gasteiger partial charge in [-0.25, -0.2) is 19.0 Å². The molecule has 0 saturated heterocycles. The van der Waals surface area contributed by atoms with Gasteiger partial charge in [0.05, 0.1) is 31.1 Å². The second-order valence-electron chi connectivity index (χ2n) is 9.98.